The van der Waals surface area contributed by atoms with E-state index in [9.17, 15) is 0 Å². The molecule has 1 saturated heterocycles. The Balaban J connectivity index is 1.39. The second kappa shape index (κ2) is 6.79. The van der Waals surface area contributed by atoms with Crippen molar-refractivity contribution in [2.24, 2.45) is 5.92 Å². The molecule has 24 heavy (non-hydrogen) atoms. The summed E-state index contributed by atoms with van der Waals surface area (Å²) in [5.74, 6) is 1.36. The van der Waals surface area contributed by atoms with Crippen molar-refractivity contribution in [2.75, 3.05) is 18.5 Å². The molecule has 1 unspecified atom stereocenters. The molecule has 0 spiro atoms. The van der Waals surface area contributed by atoms with Crippen molar-refractivity contribution in [2.45, 2.75) is 19.5 Å². The van der Waals surface area contributed by atoms with Crippen molar-refractivity contribution in [3.63, 3.8) is 0 Å². The molecule has 0 radical (unpaired) electrons. The highest BCUT2D eigenvalue weighted by Gasteiger charge is 2.17. The molecule has 0 aliphatic carbocycles. The smallest absolute Gasteiger partial charge is 0.150 e. The minimum atomic E-state index is 0.538. The highest BCUT2D eigenvalue weighted by atomic mass is 16.5. The number of hydrogen-bond donors (Lipinski definition) is 1. The zero-order chi connectivity index (χ0) is 16.2. The van der Waals surface area contributed by atoms with Gasteiger partial charge in [-0.3, -0.25) is 4.68 Å². The first-order valence-corrected chi connectivity index (χ1v) is 8.05. The molecule has 3 aromatic rings. The molecule has 1 aromatic carbocycles. The molecule has 2 aromatic heterocycles. The Morgan fingerprint density at radius 1 is 1.21 bits per heavy atom. The SMILES string of the molecule is c1ccc(-n2nncc2NCc2cn(CC3CCOC3)nn2)cc1. The standard InChI is InChI=1S/C16H19N7O/c1-2-4-15(5-3-1)23-16(9-18-20-23)17-8-14-11-22(21-19-14)10-13-6-7-24-12-13/h1-5,9,11,13,17H,6-8,10,12H2. The van der Waals surface area contributed by atoms with Crippen LogP contribution in [-0.2, 0) is 17.8 Å². The normalized spacial score (nSPS) is 17.2. The van der Waals surface area contributed by atoms with E-state index in [2.05, 4.69) is 25.9 Å². The fraction of sp³-hybridized carbons (Fsp3) is 0.375. The van der Waals surface area contributed by atoms with Gasteiger partial charge < -0.3 is 10.1 Å². The molecule has 0 bridgehead atoms. The van der Waals surface area contributed by atoms with Gasteiger partial charge in [-0.2, -0.15) is 4.68 Å². The van der Waals surface area contributed by atoms with Gasteiger partial charge in [0.25, 0.3) is 0 Å². The summed E-state index contributed by atoms with van der Waals surface area (Å²) in [7, 11) is 0. The molecule has 124 valence electrons. The Morgan fingerprint density at radius 2 is 2.12 bits per heavy atom. The predicted molar refractivity (Wildman–Crippen MR) is 87.6 cm³/mol. The average Bonchev–Trinajstić information content (AvgIpc) is 3.36. The van der Waals surface area contributed by atoms with E-state index in [1.165, 1.54) is 0 Å². The van der Waals surface area contributed by atoms with E-state index >= 15 is 0 Å². The summed E-state index contributed by atoms with van der Waals surface area (Å²) >= 11 is 0. The lowest BCUT2D eigenvalue weighted by Gasteiger charge is -2.07. The van der Waals surface area contributed by atoms with Crippen molar-refractivity contribution < 1.29 is 4.74 Å². The number of hydrogen-bond acceptors (Lipinski definition) is 6. The van der Waals surface area contributed by atoms with E-state index in [1.807, 2.05) is 41.2 Å². The lowest BCUT2D eigenvalue weighted by molar-refractivity contribution is 0.181. The summed E-state index contributed by atoms with van der Waals surface area (Å²) in [6, 6.07) is 9.89. The van der Waals surface area contributed by atoms with Gasteiger partial charge in [0.2, 0.25) is 0 Å². The largest absolute Gasteiger partial charge is 0.381 e. The maximum absolute atomic E-state index is 5.40. The lowest BCUT2D eigenvalue weighted by Crippen LogP contribution is -2.11. The highest BCUT2D eigenvalue weighted by molar-refractivity contribution is 5.42. The van der Waals surface area contributed by atoms with Crippen LogP contribution in [0.15, 0.2) is 42.7 Å². The van der Waals surface area contributed by atoms with Crippen LogP contribution in [0.1, 0.15) is 12.1 Å². The molecule has 1 aliphatic heterocycles. The Kier molecular flexibility index (Phi) is 4.20. The quantitative estimate of drug-likeness (QED) is 0.740. The topological polar surface area (TPSA) is 82.7 Å². The fourth-order valence-corrected chi connectivity index (χ4v) is 2.80. The minimum absolute atomic E-state index is 0.538. The number of nitrogens with zero attached hydrogens (tertiary/aromatic N) is 6. The van der Waals surface area contributed by atoms with Crippen molar-refractivity contribution >= 4 is 5.82 Å². The van der Waals surface area contributed by atoms with Crippen LogP contribution in [0.4, 0.5) is 5.82 Å². The Bertz CT molecular complexity index is 777. The minimum Gasteiger partial charge on any atom is -0.381 e. The molecule has 3 heterocycles. The number of benzene rings is 1. The number of anilines is 1. The van der Waals surface area contributed by atoms with Crippen LogP contribution < -0.4 is 5.32 Å². The first-order chi connectivity index (χ1) is 11.9. The lowest BCUT2D eigenvalue weighted by atomic mass is 10.1. The van der Waals surface area contributed by atoms with Crippen LogP contribution in [-0.4, -0.2) is 43.2 Å². The third-order valence-corrected chi connectivity index (χ3v) is 4.06. The van der Waals surface area contributed by atoms with Crippen LogP contribution in [0.25, 0.3) is 5.69 Å². The van der Waals surface area contributed by atoms with Crippen LogP contribution in [0.2, 0.25) is 0 Å². The summed E-state index contributed by atoms with van der Waals surface area (Å²) < 4.78 is 9.05. The molecular formula is C16H19N7O. The molecule has 1 N–H and O–H groups in total. The zero-order valence-corrected chi connectivity index (χ0v) is 13.2. The van der Waals surface area contributed by atoms with E-state index in [0.717, 1.165) is 43.4 Å². The van der Waals surface area contributed by atoms with E-state index in [1.54, 1.807) is 10.9 Å². The maximum Gasteiger partial charge on any atom is 0.150 e. The second-order valence-corrected chi connectivity index (χ2v) is 5.88. The van der Waals surface area contributed by atoms with E-state index in [0.29, 0.717) is 12.5 Å². The fourth-order valence-electron chi connectivity index (χ4n) is 2.80. The van der Waals surface area contributed by atoms with Crippen molar-refractivity contribution in [1.29, 1.82) is 0 Å². The van der Waals surface area contributed by atoms with Crippen LogP contribution in [0.5, 0.6) is 0 Å². The molecule has 1 aliphatic rings. The van der Waals surface area contributed by atoms with Gasteiger partial charge in [0.15, 0.2) is 5.82 Å². The Hall–Kier alpha value is -2.74. The summed E-state index contributed by atoms with van der Waals surface area (Å²) in [5, 5.41) is 19.8. The predicted octanol–water partition coefficient (Wildman–Crippen LogP) is 1.51. The van der Waals surface area contributed by atoms with Gasteiger partial charge in [-0.05, 0) is 18.6 Å². The molecule has 1 atom stereocenters. The van der Waals surface area contributed by atoms with Crippen molar-refractivity contribution in [3.8, 4) is 5.69 Å². The van der Waals surface area contributed by atoms with Gasteiger partial charge in [0, 0.05) is 19.1 Å². The van der Waals surface area contributed by atoms with Gasteiger partial charge in [-0.25, -0.2) is 0 Å². The Morgan fingerprint density at radius 3 is 2.96 bits per heavy atom. The van der Waals surface area contributed by atoms with E-state index in [4.69, 9.17) is 4.74 Å². The van der Waals surface area contributed by atoms with Crippen LogP contribution in [0, 0.1) is 5.92 Å². The molecule has 8 heteroatoms. The molecule has 4 rings (SSSR count). The van der Waals surface area contributed by atoms with E-state index < -0.39 is 0 Å². The zero-order valence-electron chi connectivity index (χ0n) is 13.2. The third-order valence-electron chi connectivity index (χ3n) is 4.06. The number of rotatable bonds is 6. The van der Waals surface area contributed by atoms with Gasteiger partial charge in [-0.15, -0.1) is 10.2 Å². The van der Waals surface area contributed by atoms with Crippen LogP contribution >= 0.6 is 0 Å². The molecule has 1 fully saturated rings. The second-order valence-electron chi connectivity index (χ2n) is 5.88. The molecule has 0 saturated carbocycles. The summed E-state index contributed by atoms with van der Waals surface area (Å²) in [5.41, 5.74) is 1.84. The van der Waals surface area contributed by atoms with Crippen molar-refractivity contribution in [1.82, 2.24) is 30.0 Å². The Labute approximate surface area is 139 Å². The molecular weight excluding hydrogens is 306 g/mol. The molecule has 8 nitrogen and oxygen atoms in total. The highest BCUT2D eigenvalue weighted by Crippen LogP contribution is 2.15. The average molecular weight is 325 g/mol. The van der Waals surface area contributed by atoms with E-state index in [-0.39, 0.29) is 0 Å². The summed E-state index contributed by atoms with van der Waals surface area (Å²) in [6.45, 7) is 3.09. The number of ether oxygens (including phenoxy) is 1. The van der Waals surface area contributed by atoms with Crippen LogP contribution in [0.3, 0.4) is 0 Å². The monoisotopic (exact) mass is 325 g/mol. The summed E-state index contributed by atoms with van der Waals surface area (Å²) in [4.78, 5) is 0. The molecule has 0 amide bonds. The van der Waals surface area contributed by atoms with Gasteiger partial charge in [-0.1, -0.05) is 28.6 Å². The number of para-hydroxylation sites is 1. The third kappa shape index (κ3) is 3.28. The maximum atomic E-state index is 5.40. The summed E-state index contributed by atoms with van der Waals surface area (Å²) in [6.07, 6.45) is 4.77. The van der Waals surface area contributed by atoms with Gasteiger partial charge in [0.1, 0.15) is 5.69 Å². The van der Waals surface area contributed by atoms with Crippen molar-refractivity contribution in [3.05, 3.63) is 48.4 Å². The number of aromatic nitrogens is 6. The first-order valence-electron chi connectivity index (χ1n) is 8.05. The number of nitrogens with one attached hydrogen (secondary N) is 1. The van der Waals surface area contributed by atoms with Gasteiger partial charge >= 0.3 is 0 Å². The van der Waals surface area contributed by atoms with Gasteiger partial charge in [0.05, 0.1) is 31.2 Å². The first kappa shape index (κ1) is 14.8.